The van der Waals surface area contributed by atoms with E-state index in [1.165, 1.54) is 30.7 Å². The molecule has 0 aliphatic carbocycles. The van der Waals surface area contributed by atoms with Crippen molar-refractivity contribution in [2.24, 2.45) is 0 Å². The molecule has 1 aromatic rings. The molecule has 0 saturated carbocycles. The van der Waals surface area contributed by atoms with Crippen LogP contribution in [-0.4, -0.2) is 58.1 Å². The van der Waals surface area contributed by atoms with E-state index in [2.05, 4.69) is 5.32 Å². The third-order valence-corrected chi connectivity index (χ3v) is 5.97. The molecule has 24 heavy (non-hydrogen) atoms. The highest BCUT2D eigenvalue weighted by molar-refractivity contribution is 7.89. The highest BCUT2D eigenvalue weighted by Gasteiger charge is 2.44. The molecule has 1 N–H and O–H groups in total. The first kappa shape index (κ1) is 18.7. The van der Waals surface area contributed by atoms with Gasteiger partial charge in [-0.15, -0.1) is 0 Å². The van der Waals surface area contributed by atoms with Crippen molar-refractivity contribution >= 4 is 16.0 Å². The van der Waals surface area contributed by atoms with E-state index in [0.717, 1.165) is 13.0 Å². The summed E-state index contributed by atoms with van der Waals surface area (Å²) in [5.41, 5.74) is 0. The standard InChI is InChI=1S/C16H24N2O5S/c1-4-9-17-12-10-15(16(19)23-3)18(11-12)24(20,21)14-7-5-13(22-2)6-8-14/h5-8,12,15,17H,4,9-11H2,1-3H3/t12-,15+/m0/s1. The Morgan fingerprint density at radius 2 is 1.96 bits per heavy atom. The number of nitrogens with one attached hydrogen (secondary N) is 1. The van der Waals surface area contributed by atoms with Gasteiger partial charge in [-0.1, -0.05) is 6.92 Å². The summed E-state index contributed by atoms with van der Waals surface area (Å²) in [7, 11) is -1.00. The van der Waals surface area contributed by atoms with Gasteiger partial charge in [-0.05, 0) is 43.7 Å². The molecule has 0 bridgehead atoms. The topological polar surface area (TPSA) is 84.9 Å². The van der Waals surface area contributed by atoms with Gasteiger partial charge >= 0.3 is 5.97 Å². The zero-order chi connectivity index (χ0) is 17.7. The summed E-state index contributed by atoms with van der Waals surface area (Å²) in [6, 6.07) is 5.26. The van der Waals surface area contributed by atoms with Gasteiger partial charge in [-0.3, -0.25) is 4.79 Å². The van der Waals surface area contributed by atoms with Crippen LogP contribution in [0.25, 0.3) is 0 Å². The summed E-state index contributed by atoms with van der Waals surface area (Å²) in [4.78, 5) is 12.2. The van der Waals surface area contributed by atoms with Crippen LogP contribution in [0, 0.1) is 0 Å². The van der Waals surface area contributed by atoms with Crippen LogP contribution in [-0.2, 0) is 19.6 Å². The van der Waals surface area contributed by atoms with Crippen molar-refractivity contribution in [3.63, 3.8) is 0 Å². The molecule has 0 unspecified atom stereocenters. The predicted molar refractivity (Wildman–Crippen MR) is 89.4 cm³/mol. The number of hydrogen-bond acceptors (Lipinski definition) is 6. The van der Waals surface area contributed by atoms with Crippen molar-refractivity contribution in [3.05, 3.63) is 24.3 Å². The fraction of sp³-hybridized carbons (Fsp3) is 0.562. The fourth-order valence-electron chi connectivity index (χ4n) is 2.80. The molecule has 1 fully saturated rings. The number of esters is 1. The second-order valence-corrected chi connectivity index (χ2v) is 7.57. The number of carbonyl (C=O) groups excluding carboxylic acids is 1. The summed E-state index contributed by atoms with van der Waals surface area (Å²) in [5, 5.41) is 3.28. The molecular formula is C16H24N2O5S. The van der Waals surface area contributed by atoms with E-state index in [1.54, 1.807) is 12.1 Å². The molecule has 8 heteroatoms. The summed E-state index contributed by atoms with van der Waals surface area (Å²) >= 11 is 0. The van der Waals surface area contributed by atoms with Gasteiger partial charge in [-0.25, -0.2) is 8.42 Å². The van der Waals surface area contributed by atoms with Gasteiger partial charge in [-0.2, -0.15) is 4.31 Å². The normalized spacial score (nSPS) is 21.6. The van der Waals surface area contributed by atoms with E-state index in [9.17, 15) is 13.2 Å². The SMILES string of the molecule is CCCN[C@H]1C[C@H](C(=O)OC)N(S(=O)(=O)c2ccc(OC)cc2)C1. The Morgan fingerprint density at radius 1 is 1.29 bits per heavy atom. The monoisotopic (exact) mass is 356 g/mol. The minimum atomic E-state index is -3.79. The van der Waals surface area contributed by atoms with Gasteiger partial charge in [0.1, 0.15) is 11.8 Å². The van der Waals surface area contributed by atoms with Crippen LogP contribution in [0.3, 0.4) is 0 Å². The average Bonchev–Trinajstić information content (AvgIpc) is 3.04. The first-order valence-electron chi connectivity index (χ1n) is 7.91. The largest absolute Gasteiger partial charge is 0.497 e. The summed E-state index contributed by atoms with van der Waals surface area (Å²) in [6.45, 7) is 3.05. The van der Waals surface area contributed by atoms with Crippen LogP contribution in [0.2, 0.25) is 0 Å². The number of nitrogens with zero attached hydrogens (tertiary/aromatic N) is 1. The Kier molecular flexibility index (Phi) is 6.20. The molecule has 134 valence electrons. The predicted octanol–water partition coefficient (Wildman–Crippen LogP) is 0.999. The number of carbonyl (C=O) groups is 1. The number of ether oxygens (including phenoxy) is 2. The van der Waals surface area contributed by atoms with Crippen LogP contribution in [0.5, 0.6) is 5.75 Å². The van der Waals surface area contributed by atoms with Crippen LogP contribution >= 0.6 is 0 Å². The third-order valence-electron chi connectivity index (χ3n) is 4.08. The Balaban J connectivity index is 2.28. The van der Waals surface area contributed by atoms with Crippen molar-refractivity contribution in [3.8, 4) is 5.75 Å². The summed E-state index contributed by atoms with van der Waals surface area (Å²) < 4.78 is 36.9. The Morgan fingerprint density at radius 3 is 2.50 bits per heavy atom. The van der Waals surface area contributed by atoms with Gasteiger partial charge in [0.2, 0.25) is 10.0 Å². The number of rotatable bonds is 7. The molecule has 1 saturated heterocycles. The Hall–Kier alpha value is -1.64. The molecule has 1 aromatic carbocycles. The van der Waals surface area contributed by atoms with E-state index in [4.69, 9.17) is 9.47 Å². The number of methoxy groups -OCH3 is 2. The second kappa shape index (κ2) is 7.96. The second-order valence-electron chi connectivity index (χ2n) is 5.68. The molecule has 2 rings (SSSR count). The molecule has 0 radical (unpaired) electrons. The maximum absolute atomic E-state index is 12.9. The molecule has 0 amide bonds. The average molecular weight is 356 g/mol. The first-order chi connectivity index (χ1) is 11.4. The van der Waals surface area contributed by atoms with Gasteiger partial charge in [0.15, 0.2) is 0 Å². The lowest BCUT2D eigenvalue weighted by molar-refractivity contribution is -0.144. The minimum absolute atomic E-state index is 0.0675. The molecule has 0 aromatic heterocycles. The Labute approximate surface area is 143 Å². The summed E-state index contributed by atoms with van der Waals surface area (Å²) in [5.74, 6) is 0.0373. The van der Waals surface area contributed by atoms with Crippen LogP contribution in [0.15, 0.2) is 29.2 Å². The van der Waals surface area contributed by atoms with Crippen LogP contribution in [0.4, 0.5) is 0 Å². The third kappa shape index (κ3) is 3.88. The van der Waals surface area contributed by atoms with Crippen molar-refractivity contribution < 1.29 is 22.7 Å². The van der Waals surface area contributed by atoms with E-state index >= 15 is 0 Å². The Bertz CT molecular complexity index is 660. The van der Waals surface area contributed by atoms with Crippen molar-refractivity contribution in [2.45, 2.75) is 36.7 Å². The molecular weight excluding hydrogens is 332 g/mol. The number of hydrogen-bond donors (Lipinski definition) is 1. The van der Waals surface area contributed by atoms with Crippen molar-refractivity contribution in [1.82, 2.24) is 9.62 Å². The van der Waals surface area contributed by atoms with E-state index in [0.29, 0.717) is 12.2 Å². The molecule has 1 heterocycles. The molecule has 1 aliphatic heterocycles. The van der Waals surface area contributed by atoms with Gasteiger partial charge < -0.3 is 14.8 Å². The van der Waals surface area contributed by atoms with E-state index < -0.39 is 22.0 Å². The molecule has 7 nitrogen and oxygen atoms in total. The quantitative estimate of drug-likeness (QED) is 0.734. The first-order valence-corrected chi connectivity index (χ1v) is 9.35. The molecule has 0 spiro atoms. The van der Waals surface area contributed by atoms with Gasteiger partial charge in [0.25, 0.3) is 0 Å². The lowest BCUT2D eigenvalue weighted by Crippen LogP contribution is -2.41. The van der Waals surface area contributed by atoms with Gasteiger partial charge in [0, 0.05) is 12.6 Å². The maximum Gasteiger partial charge on any atom is 0.324 e. The van der Waals surface area contributed by atoms with Crippen molar-refractivity contribution in [2.75, 3.05) is 27.3 Å². The summed E-state index contributed by atoms with van der Waals surface area (Å²) in [6.07, 6.45) is 1.34. The molecule has 2 atom stereocenters. The fourth-order valence-corrected chi connectivity index (χ4v) is 4.44. The number of sulfonamides is 1. The van der Waals surface area contributed by atoms with E-state index in [-0.39, 0.29) is 17.5 Å². The zero-order valence-corrected chi connectivity index (χ0v) is 15.0. The smallest absolute Gasteiger partial charge is 0.324 e. The van der Waals surface area contributed by atoms with Crippen LogP contribution in [0.1, 0.15) is 19.8 Å². The number of benzene rings is 1. The lowest BCUT2D eigenvalue weighted by atomic mass is 10.2. The van der Waals surface area contributed by atoms with Gasteiger partial charge in [0.05, 0.1) is 19.1 Å². The van der Waals surface area contributed by atoms with Crippen LogP contribution < -0.4 is 10.1 Å². The lowest BCUT2D eigenvalue weighted by Gasteiger charge is -2.22. The van der Waals surface area contributed by atoms with Crippen molar-refractivity contribution in [1.29, 1.82) is 0 Å². The zero-order valence-electron chi connectivity index (χ0n) is 14.2. The van der Waals surface area contributed by atoms with E-state index in [1.807, 2.05) is 6.92 Å². The molecule has 1 aliphatic rings. The highest BCUT2D eigenvalue weighted by atomic mass is 32.2. The minimum Gasteiger partial charge on any atom is -0.497 e. The maximum atomic E-state index is 12.9. The highest BCUT2D eigenvalue weighted by Crippen LogP contribution is 2.28.